The molecule has 2 aliphatic heterocycles. The van der Waals surface area contributed by atoms with Gasteiger partial charge in [-0.3, -0.25) is 9.59 Å². The molecule has 0 radical (unpaired) electrons. The van der Waals surface area contributed by atoms with E-state index in [-0.39, 0.29) is 24.1 Å². The Morgan fingerprint density at radius 2 is 2.14 bits per heavy atom. The SMILES string of the molecule is Cc1cc(C)c(CN2CCC3=C(Cl)C=C(O[C@@H]4CCOC4)C(Cl)C3C2=O)c(=O)[nH]1. The maximum Gasteiger partial charge on any atom is 0.253 e. The molecule has 1 aliphatic carbocycles. The lowest BCUT2D eigenvalue weighted by Crippen LogP contribution is -2.47. The monoisotopic (exact) mass is 438 g/mol. The molecule has 3 heterocycles. The number of ether oxygens (including phenoxy) is 2. The van der Waals surface area contributed by atoms with Gasteiger partial charge in [-0.25, -0.2) is 0 Å². The third-order valence-corrected chi connectivity index (χ3v) is 6.60. The number of likely N-dealkylation sites (tertiary alicyclic amines) is 1. The van der Waals surface area contributed by atoms with Gasteiger partial charge in [-0.15, -0.1) is 11.6 Å². The highest BCUT2D eigenvalue weighted by atomic mass is 35.5. The summed E-state index contributed by atoms with van der Waals surface area (Å²) >= 11 is 13.2. The number of hydrogen-bond acceptors (Lipinski definition) is 4. The number of nitrogens with one attached hydrogen (secondary N) is 1. The molecule has 8 heteroatoms. The Labute approximate surface area is 179 Å². The summed E-state index contributed by atoms with van der Waals surface area (Å²) in [7, 11) is 0. The summed E-state index contributed by atoms with van der Waals surface area (Å²) in [6.07, 6.45) is 3.07. The maximum atomic E-state index is 13.3. The van der Waals surface area contributed by atoms with Gasteiger partial charge < -0.3 is 19.4 Å². The van der Waals surface area contributed by atoms with E-state index < -0.39 is 11.3 Å². The minimum atomic E-state index is -0.624. The number of aryl methyl sites for hydroxylation is 2. The van der Waals surface area contributed by atoms with Gasteiger partial charge in [-0.05, 0) is 43.5 Å². The van der Waals surface area contributed by atoms with E-state index in [1.807, 2.05) is 19.9 Å². The predicted molar refractivity (Wildman–Crippen MR) is 111 cm³/mol. The molecule has 2 fully saturated rings. The van der Waals surface area contributed by atoms with Gasteiger partial charge >= 0.3 is 0 Å². The van der Waals surface area contributed by atoms with E-state index in [2.05, 4.69) is 4.98 Å². The highest BCUT2D eigenvalue weighted by Crippen LogP contribution is 2.41. The fourth-order valence-corrected chi connectivity index (χ4v) is 4.92. The fourth-order valence-electron chi connectivity index (χ4n) is 4.22. The number of carbonyl (C=O) groups excluding carboxylic acids is 1. The third-order valence-electron chi connectivity index (χ3n) is 5.78. The smallest absolute Gasteiger partial charge is 0.253 e. The van der Waals surface area contributed by atoms with Crippen molar-refractivity contribution in [2.24, 2.45) is 5.92 Å². The summed E-state index contributed by atoms with van der Waals surface area (Å²) in [5.41, 5.74) is 2.95. The van der Waals surface area contributed by atoms with Crippen LogP contribution in [-0.4, -0.2) is 47.0 Å². The number of rotatable bonds is 4. The van der Waals surface area contributed by atoms with Crippen LogP contribution < -0.4 is 5.56 Å². The molecule has 156 valence electrons. The number of piperidine rings is 1. The molecule has 0 bridgehead atoms. The van der Waals surface area contributed by atoms with E-state index >= 15 is 0 Å². The summed E-state index contributed by atoms with van der Waals surface area (Å²) in [6.45, 7) is 5.64. The number of H-pyrrole nitrogens is 1. The van der Waals surface area contributed by atoms with Crippen LogP contribution in [0.15, 0.2) is 33.3 Å². The van der Waals surface area contributed by atoms with Crippen LogP contribution in [0, 0.1) is 19.8 Å². The molecule has 1 N–H and O–H groups in total. The molecule has 1 aromatic heterocycles. The molecule has 0 saturated carbocycles. The van der Waals surface area contributed by atoms with Crippen LogP contribution >= 0.6 is 23.2 Å². The molecular formula is C21H24Cl2N2O4. The topological polar surface area (TPSA) is 71.6 Å². The normalized spacial score (nSPS) is 27.2. The fraction of sp³-hybridized carbons (Fsp3) is 0.524. The lowest BCUT2D eigenvalue weighted by atomic mass is 9.83. The average molecular weight is 439 g/mol. The first-order valence-electron chi connectivity index (χ1n) is 9.82. The Bertz CT molecular complexity index is 946. The van der Waals surface area contributed by atoms with Crippen molar-refractivity contribution in [3.8, 4) is 0 Å². The van der Waals surface area contributed by atoms with Gasteiger partial charge in [-0.1, -0.05) is 11.6 Å². The van der Waals surface area contributed by atoms with Crippen molar-refractivity contribution < 1.29 is 14.3 Å². The lowest BCUT2D eigenvalue weighted by Gasteiger charge is -2.39. The molecule has 0 aromatic carbocycles. The molecular weight excluding hydrogens is 415 g/mol. The zero-order chi connectivity index (χ0) is 20.7. The van der Waals surface area contributed by atoms with Gasteiger partial charge in [-0.2, -0.15) is 0 Å². The number of alkyl halides is 1. The van der Waals surface area contributed by atoms with Crippen LogP contribution in [0.25, 0.3) is 0 Å². The number of amides is 1. The number of aromatic amines is 1. The van der Waals surface area contributed by atoms with E-state index in [4.69, 9.17) is 32.7 Å². The molecule has 1 aromatic rings. The Kier molecular flexibility index (Phi) is 5.78. The predicted octanol–water partition coefficient (Wildman–Crippen LogP) is 3.14. The number of allylic oxidation sites excluding steroid dienone is 3. The van der Waals surface area contributed by atoms with Gasteiger partial charge in [0.05, 0.1) is 25.7 Å². The second-order valence-corrected chi connectivity index (χ2v) is 8.73. The van der Waals surface area contributed by atoms with Gasteiger partial charge in [0.2, 0.25) is 5.91 Å². The molecule has 1 amide bonds. The number of hydrogen-bond donors (Lipinski definition) is 1. The first-order chi connectivity index (χ1) is 13.8. The van der Waals surface area contributed by atoms with E-state index in [9.17, 15) is 9.59 Å². The van der Waals surface area contributed by atoms with Crippen molar-refractivity contribution in [2.75, 3.05) is 19.8 Å². The second-order valence-electron chi connectivity index (χ2n) is 7.86. The Morgan fingerprint density at radius 3 is 2.83 bits per heavy atom. The summed E-state index contributed by atoms with van der Waals surface area (Å²) in [4.78, 5) is 30.2. The minimum Gasteiger partial charge on any atom is -0.491 e. The zero-order valence-electron chi connectivity index (χ0n) is 16.5. The van der Waals surface area contributed by atoms with Crippen LogP contribution in [0.4, 0.5) is 0 Å². The first-order valence-corrected chi connectivity index (χ1v) is 10.6. The van der Waals surface area contributed by atoms with Gasteiger partial charge in [0.15, 0.2) is 0 Å². The maximum absolute atomic E-state index is 13.3. The summed E-state index contributed by atoms with van der Waals surface area (Å²) in [5.74, 6) is -0.189. The standard InChI is InChI=1S/C21H24Cl2N2O4/c1-11-7-12(2)24-20(26)15(11)9-25-5-3-14-16(22)8-17(19(23)18(14)21(25)27)29-13-4-6-28-10-13/h7-8,13,18-19H,3-6,9-10H2,1-2H3,(H,24,26)/t13-,18?,19?/m1/s1. The van der Waals surface area contributed by atoms with Crippen molar-refractivity contribution in [1.29, 1.82) is 0 Å². The molecule has 2 saturated heterocycles. The molecule has 0 spiro atoms. The first kappa shape index (κ1) is 20.5. The zero-order valence-corrected chi connectivity index (χ0v) is 18.0. The van der Waals surface area contributed by atoms with E-state index in [0.717, 1.165) is 23.3 Å². The molecule has 4 rings (SSSR count). The highest BCUT2D eigenvalue weighted by molar-refractivity contribution is 6.33. The van der Waals surface area contributed by atoms with Gasteiger partial charge in [0.1, 0.15) is 17.2 Å². The van der Waals surface area contributed by atoms with E-state index in [1.54, 1.807) is 11.0 Å². The van der Waals surface area contributed by atoms with Crippen LogP contribution in [0.5, 0.6) is 0 Å². The summed E-state index contributed by atoms with van der Waals surface area (Å²) < 4.78 is 11.4. The average Bonchev–Trinajstić information content (AvgIpc) is 3.16. The summed E-state index contributed by atoms with van der Waals surface area (Å²) in [6, 6.07) is 1.91. The summed E-state index contributed by atoms with van der Waals surface area (Å²) in [5, 5.41) is -0.0982. The van der Waals surface area contributed by atoms with Crippen LogP contribution in [0.3, 0.4) is 0 Å². The molecule has 3 aliphatic rings. The number of nitrogens with zero attached hydrogens (tertiary/aromatic N) is 1. The quantitative estimate of drug-likeness (QED) is 0.732. The van der Waals surface area contributed by atoms with Crippen LogP contribution in [0.2, 0.25) is 0 Å². The molecule has 3 atom stereocenters. The van der Waals surface area contributed by atoms with Crippen molar-refractivity contribution in [2.45, 2.75) is 44.7 Å². The number of halogens is 2. The molecule has 6 nitrogen and oxygen atoms in total. The van der Waals surface area contributed by atoms with Gasteiger partial charge in [0.25, 0.3) is 5.56 Å². The van der Waals surface area contributed by atoms with Crippen LogP contribution in [-0.2, 0) is 20.8 Å². The largest absolute Gasteiger partial charge is 0.491 e. The van der Waals surface area contributed by atoms with Crippen molar-refractivity contribution in [1.82, 2.24) is 9.88 Å². The Hall–Kier alpha value is -1.76. The molecule has 2 unspecified atom stereocenters. The minimum absolute atomic E-state index is 0.0721. The van der Waals surface area contributed by atoms with E-state index in [0.29, 0.717) is 42.5 Å². The van der Waals surface area contributed by atoms with Crippen molar-refractivity contribution in [3.63, 3.8) is 0 Å². The third kappa shape index (κ3) is 3.98. The van der Waals surface area contributed by atoms with E-state index in [1.165, 1.54) is 0 Å². The lowest BCUT2D eigenvalue weighted by molar-refractivity contribution is -0.137. The number of pyridine rings is 1. The number of carbonyl (C=O) groups is 1. The highest BCUT2D eigenvalue weighted by Gasteiger charge is 2.43. The Morgan fingerprint density at radius 1 is 1.34 bits per heavy atom. The van der Waals surface area contributed by atoms with Crippen molar-refractivity contribution in [3.05, 3.63) is 55.7 Å². The Balaban J connectivity index is 1.56. The van der Waals surface area contributed by atoms with Gasteiger partial charge in [0, 0.05) is 29.3 Å². The van der Waals surface area contributed by atoms with Crippen LogP contribution in [0.1, 0.15) is 29.7 Å². The number of fused-ring (bicyclic) bond motifs is 1. The van der Waals surface area contributed by atoms with Crippen molar-refractivity contribution >= 4 is 29.1 Å². The molecule has 29 heavy (non-hydrogen) atoms. The second kappa shape index (κ2) is 8.17. The number of aromatic nitrogens is 1.